The zero-order chi connectivity index (χ0) is 31.2. The number of benzene rings is 1. The van der Waals surface area contributed by atoms with Crippen molar-refractivity contribution in [3.05, 3.63) is 35.4 Å². The molecule has 0 heterocycles. The monoisotopic (exact) mass is 596 g/mol. The van der Waals surface area contributed by atoms with Gasteiger partial charge in [0.25, 0.3) is 0 Å². The van der Waals surface area contributed by atoms with Gasteiger partial charge in [-0.2, -0.15) is 0 Å². The van der Waals surface area contributed by atoms with E-state index in [1.54, 1.807) is 24.3 Å². The van der Waals surface area contributed by atoms with Gasteiger partial charge in [0.15, 0.2) is 11.6 Å². The number of amides is 2. The molecule has 1 rings (SSSR count). The van der Waals surface area contributed by atoms with Crippen molar-refractivity contribution in [3.63, 3.8) is 0 Å². The fraction of sp³-hybridized carbons (Fsp3) is 0.571. The zero-order valence-electron chi connectivity index (χ0n) is 23.8. The van der Waals surface area contributed by atoms with E-state index in [2.05, 4.69) is 5.32 Å². The van der Waals surface area contributed by atoms with E-state index in [-0.39, 0.29) is 69.8 Å². The smallest absolute Gasteiger partial charge is 0.312 e. The Hall–Kier alpha value is -3.72. The van der Waals surface area contributed by atoms with Crippen LogP contribution in [0.5, 0.6) is 0 Å². The number of carbonyl (C=O) groups is 6. The number of carboxylic acids is 2. The lowest BCUT2D eigenvalue weighted by atomic mass is 10.0. The van der Waals surface area contributed by atoms with Crippen LogP contribution in [0.25, 0.3) is 0 Å². The molecule has 0 aromatic heterocycles. The number of ketones is 2. The molecule has 42 heavy (non-hydrogen) atoms. The second-order valence-electron chi connectivity index (χ2n) is 9.14. The molecule has 0 atom stereocenters. The van der Waals surface area contributed by atoms with Crippen molar-refractivity contribution in [3.8, 4) is 0 Å². The number of nitrogens with one attached hydrogen (secondary N) is 1. The lowest BCUT2D eigenvalue weighted by molar-refractivity contribution is -0.145. The number of hydrogen-bond donors (Lipinski definition) is 3. The highest BCUT2D eigenvalue weighted by Crippen LogP contribution is 2.12. The van der Waals surface area contributed by atoms with Gasteiger partial charge in [-0.1, -0.05) is 24.3 Å². The predicted molar refractivity (Wildman–Crippen MR) is 147 cm³/mol. The molecule has 0 aliphatic carbocycles. The molecule has 0 aliphatic rings. The van der Waals surface area contributed by atoms with Gasteiger partial charge in [0.2, 0.25) is 11.8 Å². The van der Waals surface area contributed by atoms with E-state index in [4.69, 9.17) is 29.2 Å². The summed E-state index contributed by atoms with van der Waals surface area (Å²) in [6.07, 6.45) is -0.328. The minimum absolute atomic E-state index is 0.0275. The SMILES string of the molecule is CC(=O)COCCOCCNC(=O)COCCOCCCC(=O)c1ccc(CN(CCC(=O)O)C(=O)CC(=O)O)cc1. The first kappa shape index (κ1) is 36.3. The maximum absolute atomic E-state index is 12.4. The normalized spacial score (nSPS) is 10.7. The van der Waals surface area contributed by atoms with Crippen molar-refractivity contribution < 1.29 is 57.9 Å². The molecule has 1 aromatic rings. The molecule has 0 unspecified atom stereocenters. The van der Waals surface area contributed by atoms with Crippen molar-refractivity contribution in [1.29, 1.82) is 0 Å². The second-order valence-corrected chi connectivity index (χ2v) is 9.14. The van der Waals surface area contributed by atoms with Gasteiger partial charge in [0.05, 0.1) is 39.5 Å². The topological polar surface area (TPSA) is 195 Å². The van der Waals surface area contributed by atoms with Gasteiger partial charge in [0, 0.05) is 38.2 Å². The number of aliphatic carboxylic acids is 2. The largest absolute Gasteiger partial charge is 0.481 e. The molecular weight excluding hydrogens is 556 g/mol. The van der Waals surface area contributed by atoms with E-state index in [1.807, 2.05) is 0 Å². The van der Waals surface area contributed by atoms with Gasteiger partial charge in [-0.25, -0.2) is 0 Å². The number of Topliss-reactive ketones (excluding diaryl/α,β-unsaturated/α-hetero) is 2. The summed E-state index contributed by atoms with van der Waals surface area (Å²) in [6.45, 7) is 3.34. The molecule has 0 aliphatic heterocycles. The molecule has 1 aromatic carbocycles. The van der Waals surface area contributed by atoms with Crippen molar-refractivity contribution in [2.24, 2.45) is 0 Å². The van der Waals surface area contributed by atoms with Gasteiger partial charge in [-0.3, -0.25) is 28.8 Å². The van der Waals surface area contributed by atoms with Crippen molar-refractivity contribution >= 4 is 35.3 Å². The summed E-state index contributed by atoms with van der Waals surface area (Å²) in [6, 6.07) is 6.48. The second kappa shape index (κ2) is 22.0. The Morgan fingerprint density at radius 1 is 0.762 bits per heavy atom. The van der Waals surface area contributed by atoms with Crippen LogP contribution in [0, 0.1) is 0 Å². The number of ether oxygens (including phenoxy) is 4. The Labute approximate surface area is 244 Å². The molecular formula is C28H40N2O12. The summed E-state index contributed by atoms with van der Waals surface area (Å²) in [4.78, 5) is 69.9. The number of carbonyl (C=O) groups excluding carboxylic acids is 4. The Morgan fingerprint density at radius 2 is 1.38 bits per heavy atom. The van der Waals surface area contributed by atoms with Crippen LogP contribution < -0.4 is 5.32 Å². The Morgan fingerprint density at radius 3 is 2.00 bits per heavy atom. The van der Waals surface area contributed by atoms with Gasteiger partial charge in [0.1, 0.15) is 19.6 Å². The van der Waals surface area contributed by atoms with Gasteiger partial charge in [-0.05, 0) is 18.9 Å². The van der Waals surface area contributed by atoms with E-state index >= 15 is 0 Å². The number of rotatable bonds is 25. The molecule has 0 saturated heterocycles. The minimum Gasteiger partial charge on any atom is -0.481 e. The third kappa shape index (κ3) is 18.6. The van der Waals surface area contributed by atoms with Gasteiger partial charge in [-0.15, -0.1) is 0 Å². The highest BCUT2D eigenvalue weighted by atomic mass is 16.5. The van der Waals surface area contributed by atoms with Crippen LogP contribution in [-0.4, -0.2) is 116 Å². The van der Waals surface area contributed by atoms with Gasteiger partial charge < -0.3 is 39.4 Å². The molecule has 0 spiro atoms. The van der Waals surface area contributed by atoms with Crippen LogP contribution in [0.15, 0.2) is 24.3 Å². The fourth-order valence-corrected chi connectivity index (χ4v) is 3.39. The first-order valence-corrected chi connectivity index (χ1v) is 13.5. The van der Waals surface area contributed by atoms with Crippen molar-refractivity contribution in [2.75, 3.05) is 65.9 Å². The summed E-state index contributed by atoms with van der Waals surface area (Å²) in [7, 11) is 0. The minimum atomic E-state index is -1.30. The summed E-state index contributed by atoms with van der Waals surface area (Å²) in [5.41, 5.74) is 1.10. The molecule has 3 N–H and O–H groups in total. The molecule has 0 radical (unpaired) electrons. The van der Waals surface area contributed by atoms with Crippen LogP contribution in [0.3, 0.4) is 0 Å². The fourth-order valence-electron chi connectivity index (χ4n) is 3.39. The molecule has 234 valence electrons. The molecule has 0 saturated carbocycles. The lowest BCUT2D eigenvalue weighted by Gasteiger charge is -2.21. The molecule has 0 fully saturated rings. The third-order valence-corrected chi connectivity index (χ3v) is 5.44. The highest BCUT2D eigenvalue weighted by Gasteiger charge is 2.18. The first-order chi connectivity index (χ1) is 20.1. The summed E-state index contributed by atoms with van der Waals surface area (Å²) >= 11 is 0. The Bertz CT molecular complexity index is 1010. The van der Waals surface area contributed by atoms with E-state index < -0.39 is 24.3 Å². The van der Waals surface area contributed by atoms with Crippen LogP contribution >= 0.6 is 0 Å². The molecule has 14 heteroatoms. The Kier molecular flexibility index (Phi) is 19.0. The molecule has 14 nitrogen and oxygen atoms in total. The standard InChI is InChI=1S/C28H40N2O12/c1-21(31)19-41-15-14-40-12-9-29-25(33)20-42-16-13-39-11-2-3-24(32)23-6-4-22(5-7-23)18-30(10-8-27(35)36)26(34)17-28(37)38/h4-7H,2-3,8-20H2,1H3,(H,29,33)(H,35,36)(H,37,38). The summed E-state index contributed by atoms with van der Waals surface area (Å²) in [5.74, 6) is -3.54. The lowest BCUT2D eigenvalue weighted by Crippen LogP contribution is -2.33. The number of hydrogen-bond acceptors (Lipinski definition) is 10. The van der Waals surface area contributed by atoms with E-state index in [1.165, 1.54) is 11.8 Å². The highest BCUT2D eigenvalue weighted by molar-refractivity contribution is 5.96. The van der Waals surface area contributed by atoms with Crippen LogP contribution in [0.4, 0.5) is 0 Å². The number of carboxylic acid groups (broad SMARTS) is 2. The first-order valence-electron chi connectivity index (χ1n) is 13.5. The number of nitrogens with zero attached hydrogens (tertiary/aromatic N) is 1. The predicted octanol–water partition coefficient (Wildman–Crippen LogP) is 0.699. The Balaban J connectivity index is 2.18. The summed E-state index contributed by atoms with van der Waals surface area (Å²) < 4.78 is 21.0. The van der Waals surface area contributed by atoms with Crippen molar-refractivity contribution in [1.82, 2.24) is 10.2 Å². The van der Waals surface area contributed by atoms with Crippen molar-refractivity contribution in [2.45, 2.75) is 39.2 Å². The van der Waals surface area contributed by atoms with E-state index in [9.17, 15) is 28.8 Å². The average Bonchev–Trinajstić information content (AvgIpc) is 2.93. The maximum atomic E-state index is 12.4. The average molecular weight is 597 g/mol. The maximum Gasteiger partial charge on any atom is 0.312 e. The van der Waals surface area contributed by atoms with Crippen LogP contribution in [0.2, 0.25) is 0 Å². The third-order valence-electron chi connectivity index (χ3n) is 5.44. The summed E-state index contributed by atoms with van der Waals surface area (Å²) in [5, 5.41) is 20.4. The van der Waals surface area contributed by atoms with Gasteiger partial charge >= 0.3 is 11.9 Å². The molecule has 2 amide bonds. The zero-order valence-corrected chi connectivity index (χ0v) is 23.8. The quantitative estimate of drug-likeness (QED) is 0.0813. The van der Waals surface area contributed by atoms with E-state index in [0.717, 1.165) is 0 Å². The van der Waals surface area contributed by atoms with Crippen LogP contribution in [-0.2, 0) is 49.5 Å². The van der Waals surface area contributed by atoms with Crippen LogP contribution in [0.1, 0.15) is 48.5 Å². The van der Waals surface area contributed by atoms with E-state index in [0.29, 0.717) is 50.5 Å². The molecule has 0 bridgehead atoms.